The van der Waals surface area contributed by atoms with E-state index in [4.69, 9.17) is 16.3 Å². The number of hydrogen-bond acceptors (Lipinski definition) is 3. The van der Waals surface area contributed by atoms with Gasteiger partial charge in [0, 0.05) is 23.5 Å². The molecule has 0 radical (unpaired) electrons. The Labute approximate surface area is 99.1 Å². The minimum Gasteiger partial charge on any atom is -0.481 e. The van der Waals surface area contributed by atoms with E-state index in [2.05, 4.69) is 9.97 Å². The van der Waals surface area contributed by atoms with Crippen molar-refractivity contribution in [1.82, 2.24) is 9.97 Å². The molecule has 2 rings (SSSR count). The smallest absolute Gasteiger partial charge is 0.221 e. The Morgan fingerprint density at radius 3 is 2.81 bits per heavy atom. The maximum Gasteiger partial charge on any atom is 0.221 e. The van der Waals surface area contributed by atoms with Gasteiger partial charge in [0.15, 0.2) is 0 Å². The predicted octanol–water partition coefficient (Wildman–Crippen LogP) is 2.89. The first-order valence-electron chi connectivity index (χ1n) is 4.85. The van der Waals surface area contributed by atoms with Crippen LogP contribution in [0, 0.1) is 0 Å². The molecule has 0 bridgehead atoms. The van der Waals surface area contributed by atoms with Crippen molar-refractivity contribution in [1.29, 1.82) is 0 Å². The summed E-state index contributed by atoms with van der Waals surface area (Å²) in [4.78, 5) is 8.37. The van der Waals surface area contributed by atoms with Crippen LogP contribution in [0.15, 0.2) is 36.7 Å². The summed E-state index contributed by atoms with van der Waals surface area (Å²) in [7, 11) is 1.60. The molecule has 0 spiro atoms. The molecule has 0 saturated carbocycles. The fourth-order valence-corrected chi connectivity index (χ4v) is 1.60. The van der Waals surface area contributed by atoms with Crippen LogP contribution in [0.4, 0.5) is 0 Å². The highest BCUT2D eigenvalue weighted by molar-refractivity contribution is 6.16. The number of methoxy groups -OCH3 is 1. The van der Waals surface area contributed by atoms with E-state index in [9.17, 15) is 0 Å². The molecule has 0 saturated heterocycles. The maximum absolute atomic E-state index is 5.72. The molecular weight excluding hydrogens is 224 g/mol. The van der Waals surface area contributed by atoms with Gasteiger partial charge in [-0.1, -0.05) is 6.07 Å². The molecule has 2 aromatic heterocycles. The number of ether oxygens (including phenoxy) is 1. The van der Waals surface area contributed by atoms with Crippen LogP contribution in [-0.4, -0.2) is 17.1 Å². The third kappa shape index (κ3) is 2.14. The minimum atomic E-state index is 0.379. The first-order chi connectivity index (χ1) is 7.85. The van der Waals surface area contributed by atoms with Crippen molar-refractivity contribution in [2.45, 2.75) is 5.88 Å². The van der Waals surface area contributed by atoms with Crippen molar-refractivity contribution in [3.05, 3.63) is 42.4 Å². The molecule has 0 atom stereocenters. The second kappa shape index (κ2) is 4.94. The molecule has 0 amide bonds. The second-order valence-electron chi connectivity index (χ2n) is 3.23. The number of halogens is 1. The monoisotopic (exact) mass is 234 g/mol. The second-order valence-corrected chi connectivity index (χ2v) is 3.50. The molecule has 0 fully saturated rings. The lowest BCUT2D eigenvalue weighted by Crippen LogP contribution is -1.95. The van der Waals surface area contributed by atoms with Gasteiger partial charge in [0.1, 0.15) is 0 Å². The lowest BCUT2D eigenvalue weighted by atomic mass is 10.1. The zero-order chi connectivity index (χ0) is 11.4. The molecule has 82 valence electrons. The van der Waals surface area contributed by atoms with Gasteiger partial charge in [0.25, 0.3) is 0 Å². The van der Waals surface area contributed by atoms with E-state index in [0.717, 1.165) is 16.8 Å². The highest BCUT2D eigenvalue weighted by atomic mass is 35.5. The van der Waals surface area contributed by atoms with E-state index in [1.807, 2.05) is 24.3 Å². The van der Waals surface area contributed by atoms with Crippen molar-refractivity contribution >= 4 is 11.6 Å². The fourth-order valence-electron chi connectivity index (χ4n) is 1.45. The summed E-state index contributed by atoms with van der Waals surface area (Å²) in [6.07, 6.45) is 3.51. The van der Waals surface area contributed by atoms with Crippen LogP contribution in [0.1, 0.15) is 5.69 Å². The van der Waals surface area contributed by atoms with Crippen molar-refractivity contribution in [3.8, 4) is 17.0 Å². The summed E-state index contributed by atoms with van der Waals surface area (Å²) in [6, 6.07) is 7.68. The van der Waals surface area contributed by atoms with Gasteiger partial charge in [-0.3, -0.25) is 4.98 Å². The number of hydrogen-bond donors (Lipinski definition) is 0. The molecule has 0 unspecified atom stereocenters. The topological polar surface area (TPSA) is 35.0 Å². The number of pyridine rings is 2. The normalized spacial score (nSPS) is 10.1. The molecule has 0 aliphatic rings. The SMILES string of the molecule is COc1nc(CCl)ccc1-c1cccnc1. The number of aromatic nitrogens is 2. The molecule has 0 N–H and O–H groups in total. The molecule has 0 aliphatic carbocycles. The standard InChI is InChI=1S/C12H11ClN2O/c1-16-12-11(5-4-10(7-13)15-12)9-3-2-6-14-8-9/h2-6,8H,7H2,1H3. The van der Waals surface area contributed by atoms with Crippen molar-refractivity contribution in [3.63, 3.8) is 0 Å². The average molecular weight is 235 g/mol. The first kappa shape index (κ1) is 10.9. The highest BCUT2D eigenvalue weighted by Gasteiger charge is 2.07. The summed E-state index contributed by atoms with van der Waals surface area (Å²) < 4.78 is 5.24. The van der Waals surface area contributed by atoms with Crippen LogP contribution in [0.5, 0.6) is 5.88 Å². The van der Waals surface area contributed by atoms with Crippen LogP contribution >= 0.6 is 11.6 Å². The summed E-state index contributed by atoms with van der Waals surface area (Å²) in [5.41, 5.74) is 2.70. The number of rotatable bonds is 3. The quantitative estimate of drug-likeness (QED) is 0.766. The molecule has 16 heavy (non-hydrogen) atoms. The third-order valence-corrected chi connectivity index (χ3v) is 2.49. The molecule has 0 aliphatic heterocycles. The maximum atomic E-state index is 5.72. The fraction of sp³-hybridized carbons (Fsp3) is 0.167. The van der Waals surface area contributed by atoms with E-state index in [0.29, 0.717) is 11.8 Å². The summed E-state index contributed by atoms with van der Waals surface area (Å²) in [5.74, 6) is 0.954. The van der Waals surface area contributed by atoms with Crippen molar-refractivity contribution in [2.75, 3.05) is 7.11 Å². The Hall–Kier alpha value is -1.61. The average Bonchev–Trinajstić information content (AvgIpc) is 2.39. The van der Waals surface area contributed by atoms with Gasteiger partial charge >= 0.3 is 0 Å². The van der Waals surface area contributed by atoms with Crippen LogP contribution in [-0.2, 0) is 5.88 Å². The third-order valence-electron chi connectivity index (χ3n) is 2.22. The Morgan fingerprint density at radius 2 is 2.19 bits per heavy atom. The van der Waals surface area contributed by atoms with Gasteiger partial charge in [0.2, 0.25) is 5.88 Å². The summed E-state index contributed by atoms with van der Waals surface area (Å²) in [5, 5.41) is 0. The molecule has 3 nitrogen and oxygen atoms in total. The van der Waals surface area contributed by atoms with Gasteiger partial charge < -0.3 is 4.74 Å². The van der Waals surface area contributed by atoms with E-state index in [1.54, 1.807) is 19.5 Å². The van der Waals surface area contributed by atoms with Gasteiger partial charge in [-0.05, 0) is 18.2 Å². The lowest BCUT2D eigenvalue weighted by Gasteiger charge is -2.08. The largest absolute Gasteiger partial charge is 0.481 e. The summed E-state index contributed by atoms with van der Waals surface area (Å²) in [6.45, 7) is 0. The molecule has 4 heteroatoms. The number of alkyl halides is 1. The van der Waals surface area contributed by atoms with Crippen LogP contribution in [0.25, 0.3) is 11.1 Å². The minimum absolute atomic E-state index is 0.379. The van der Waals surface area contributed by atoms with Gasteiger partial charge in [-0.25, -0.2) is 4.98 Å². The Bertz CT molecular complexity index is 474. The van der Waals surface area contributed by atoms with Crippen LogP contribution in [0.3, 0.4) is 0 Å². The molecule has 0 aromatic carbocycles. The van der Waals surface area contributed by atoms with Gasteiger partial charge in [0.05, 0.1) is 18.7 Å². The predicted molar refractivity (Wildman–Crippen MR) is 63.6 cm³/mol. The summed E-state index contributed by atoms with van der Waals surface area (Å²) >= 11 is 5.72. The van der Waals surface area contributed by atoms with E-state index < -0.39 is 0 Å². The van der Waals surface area contributed by atoms with E-state index >= 15 is 0 Å². The van der Waals surface area contributed by atoms with Gasteiger partial charge in [-0.2, -0.15) is 0 Å². The first-order valence-corrected chi connectivity index (χ1v) is 5.39. The highest BCUT2D eigenvalue weighted by Crippen LogP contribution is 2.27. The van der Waals surface area contributed by atoms with Crippen LogP contribution in [0.2, 0.25) is 0 Å². The zero-order valence-corrected chi connectivity index (χ0v) is 9.61. The Kier molecular flexibility index (Phi) is 3.37. The molecular formula is C12H11ClN2O. The van der Waals surface area contributed by atoms with E-state index in [-0.39, 0.29) is 0 Å². The van der Waals surface area contributed by atoms with Crippen molar-refractivity contribution in [2.24, 2.45) is 0 Å². The Balaban J connectivity index is 2.49. The molecule has 2 heterocycles. The lowest BCUT2D eigenvalue weighted by molar-refractivity contribution is 0.398. The van der Waals surface area contributed by atoms with Gasteiger partial charge in [-0.15, -0.1) is 11.6 Å². The van der Waals surface area contributed by atoms with Crippen LogP contribution < -0.4 is 4.74 Å². The van der Waals surface area contributed by atoms with Crippen molar-refractivity contribution < 1.29 is 4.74 Å². The molecule has 2 aromatic rings. The number of nitrogens with zero attached hydrogens (tertiary/aromatic N) is 2. The van der Waals surface area contributed by atoms with E-state index in [1.165, 1.54) is 0 Å². The zero-order valence-electron chi connectivity index (χ0n) is 8.85. The Morgan fingerprint density at radius 1 is 1.31 bits per heavy atom.